The Morgan fingerprint density at radius 1 is 1.15 bits per heavy atom. The van der Waals surface area contributed by atoms with Gasteiger partial charge in [0.2, 0.25) is 5.89 Å². The fourth-order valence-electron chi connectivity index (χ4n) is 2.51. The van der Waals surface area contributed by atoms with Crippen molar-refractivity contribution >= 4 is 39.7 Å². The molecule has 0 unspecified atom stereocenters. The largest absolute Gasteiger partial charge is 0.436 e. The average molecular weight is 365 g/mol. The van der Waals surface area contributed by atoms with Crippen LogP contribution in [0.4, 0.5) is 11.4 Å². The first-order valence-electron chi connectivity index (χ1n) is 7.61. The van der Waals surface area contributed by atoms with Crippen molar-refractivity contribution in [3.05, 3.63) is 75.0 Å². The first kappa shape index (κ1) is 16.0. The number of thiophene rings is 1. The molecule has 7 nitrogen and oxygen atoms in total. The maximum Gasteiger partial charge on any atom is 0.273 e. The second-order valence-electron chi connectivity index (χ2n) is 5.41. The molecule has 0 atom stereocenters. The molecule has 2 aromatic heterocycles. The lowest BCUT2D eigenvalue weighted by atomic mass is 10.1. The molecule has 8 heteroatoms. The zero-order chi connectivity index (χ0) is 18.1. The number of nitro benzene ring substituents is 1. The Hall–Kier alpha value is -3.52. The number of para-hydroxylation sites is 1. The van der Waals surface area contributed by atoms with E-state index in [9.17, 15) is 14.9 Å². The fourth-order valence-corrected chi connectivity index (χ4v) is 3.13. The molecule has 2 aromatic carbocycles. The number of amides is 1. The van der Waals surface area contributed by atoms with Gasteiger partial charge in [0.05, 0.1) is 27.1 Å². The molecule has 0 saturated carbocycles. The summed E-state index contributed by atoms with van der Waals surface area (Å²) in [6.45, 7) is 0. The average Bonchev–Trinajstić information content (AvgIpc) is 3.31. The number of hydrogen-bond acceptors (Lipinski definition) is 6. The highest BCUT2D eigenvalue weighted by Gasteiger charge is 2.16. The molecule has 0 aliphatic heterocycles. The molecule has 0 aliphatic rings. The third-order valence-electron chi connectivity index (χ3n) is 3.73. The summed E-state index contributed by atoms with van der Waals surface area (Å²) in [6.07, 6.45) is 0. The van der Waals surface area contributed by atoms with Gasteiger partial charge in [-0.05, 0) is 29.6 Å². The van der Waals surface area contributed by atoms with Crippen LogP contribution in [0.3, 0.4) is 0 Å². The monoisotopic (exact) mass is 365 g/mol. The quantitative estimate of drug-likeness (QED) is 0.417. The van der Waals surface area contributed by atoms with Gasteiger partial charge in [0.15, 0.2) is 5.58 Å². The summed E-state index contributed by atoms with van der Waals surface area (Å²) in [5.74, 6) is 0.0572. The Kier molecular flexibility index (Phi) is 3.94. The Bertz CT molecular complexity index is 1120. The molecule has 1 N–H and O–H groups in total. The molecule has 2 heterocycles. The summed E-state index contributed by atoms with van der Waals surface area (Å²) in [7, 11) is 0. The number of carbonyl (C=O) groups is 1. The molecule has 4 aromatic rings. The van der Waals surface area contributed by atoms with Crippen LogP contribution >= 0.6 is 11.3 Å². The van der Waals surface area contributed by atoms with E-state index in [-0.39, 0.29) is 17.5 Å². The fraction of sp³-hybridized carbons (Fsp3) is 0. The highest BCUT2D eigenvalue weighted by Crippen LogP contribution is 2.31. The van der Waals surface area contributed by atoms with E-state index in [0.717, 1.165) is 0 Å². The maximum absolute atomic E-state index is 12.3. The van der Waals surface area contributed by atoms with E-state index in [1.165, 1.54) is 29.5 Å². The van der Waals surface area contributed by atoms with Gasteiger partial charge in [0, 0.05) is 6.07 Å². The van der Waals surface area contributed by atoms with Gasteiger partial charge in [-0.2, -0.15) is 0 Å². The second kappa shape index (κ2) is 6.41. The number of non-ortho nitro benzene ring substituents is 1. The topological polar surface area (TPSA) is 98.3 Å². The summed E-state index contributed by atoms with van der Waals surface area (Å²) in [5.41, 5.74) is 1.89. The molecule has 0 radical (unpaired) electrons. The third-order valence-corrected chi connectivity index (χ3v) is 4.60. The van der Waals surface area contributed by atoms with Gasteiger partial charge >= 0.3 is 0 Å². The summed E-state index contributed by atoms with van der Waals surface area (Å²) in [4.78, 5) is 27.7. The normalized spacial score (nSPS) is 10.8. The van der Waals surface area contributed by atoms with Crippen molar-refractivity contribution in [2.24, 2.45) is 0 Å². The van der Waals surface area contributed by atoms with Gasteiger partial charge in [0.1, 0.15) is 5.52 Å². The molecule has 0 spiro atoms. The van der Waals surface area contributed by atoms with Crippen molar-refractivity contribution in [2.75, 3.05) is 5.32 Å². The number of nitrogens with one attached hydrogen (secondary N) is 1. The van der Waals surface area contributed by atoms with E-state index < -0.39 is 4.92 Å². The molecule has 0 fully saturated rings. The van der Waals surface area contributed by atoms with Crippen LogP contribution in [0, 0.1) is 10.1 Å². The standard InChI is InChI=1S/C18H11N3O4S/c22-17(16-6-3-9-26-16)19-13-5-2-1-4-12(13)18-20-14-8-7-11(21(23)24)10-15(14)25-18/h1-10H,(H,19,22). The van der Waals surface area contributed by atoms with E-state index in [2.05, 4.69) is 10.3 Å². The molecule has 26 heavy (non-hydrogen) atoms. The minimum atomic E-state index is -0.489. The Balaban J connectivity index is 1.73. The summed E-state index contributed by atoms with van der Waals surface area (Å²) < 4.78 is 5.69. The Labute approximate surface area is 151 Å². The zero-order valence-electron chi connectivity index (χ0n) is 13.2. The molecular formula is C18H11N3O4S. The Morgan fingerprint density at radius 2 is 2.00 bits per heavy atom. The SMILES string of the molecule is O=C(Nc1ccccc1-c1nc2ccc([N+](=O)[O-])cc2o1)c1cccs1. The van der Waals surface area contributed by atoms with E-state index >= 15 is 0 Å². The van der Waals surface area contributed by atoms with Crippen LogP contribution in [0.25, 0.3) is 22.6 Å². The number of nitro groups is 1. The van der Waals surface area contributed by atoms with Crippen LogP contribution in [0.5, 0.6) is 0 Å². The Morgan fingerprint density at radius 3 is 2.77 bits per heavy atom. The number of anilines is 1. The predicted octanol–water partition coefficient (Wildman–Crippen LogP) is 4.72. The number of carbonyl (C=O) groups excluding carboxylic acids is 1. The van der Waals surface area contributed by atoms with Crippen molar-refractivity contribution < 1.29 is 14.1 Å². The first-order valence-corrected chi connectivity index (χ1v) is 8.49. The number of benzene rings is 2. The van der Waals surface area contributed by atoms with Gasteiger partial charge in [0.25, 0.3) is 11.6 Å². The third kappa shape index (κ3) is 2.93. The van der Waals surface area contributed by atoms with Crippen LogP contribution in [0.15, 0.2) is 64.4 Å². The molecule has 128 valence electrons. The van der Waals surface area contributed by atoms with Crippen LogP contribution < -0.4 is 5.32 Å². The molecule has 0 aliphatic carbocycles. The minimum Gasteiger partial charge on any atom is -0.436 e. The number of rotatable bonds is 4. The number of hydrogen-bond donors (Lipinski definition) is 1. The van der Waals surface area contributed by atoms with Crippen molar-refractivity contribution in [2.45, 2.75) is 0 Å². The van der Waals surface area contributed by atoms with Crippen molar-refractivity contribution in [3.8, 4) is 11.5 Å². The number of oxazole rings is 1. The predicted molar refractivity (Wildman–Crippen MR) is 98.4 cm³/mol. The van der Waals surface area contributed by atoms with Crippen LogP contribution in [-0.4, -0.2) is 15.8 Å². The van der Waals surface area contributed by atoms with E-state index in [0.29, 0.717) is 27.2 Å². The van der Waals surface area contributed by atoms with Crippen LogP contribution in [-0.2, 0) is 0 Å². The van der Waals surface area contributed by atoms with Gasteiger partial charge in [-0.1, -0.05) is 18.2 Å². The van der Waals surface area contributed by atoms with E-state index in [1.54, 1.807) is 36.4 Å². The second-order valence-corrected chi connectivity index (χ2v) is 6.35. The smallest absolute Gasteiger partial charge is 0.273 e. The first-order chi connectivity index (χ1) is 12.6. The highest BCUT2D eigenvalue weighted by molar-refractivity contribution is 7.12. The van der Waals surface area contributed by atoms with Gasteiger partial charge in [-0.3, -0.25) is 14.9 Å². The molecule has 0 saturated heterocycles. The zero-order valence-corrected chi connectivity index (χ0v) is 14.0. The number of nitrogens with zero attached hydrogens (tertiary/aromatic N) is 2. The highest BCUT2D eigenvalue weighted by atomic mass is 32.1. The maximum atomic E-state index is 12.3. The molecule has 1 amide bonds. The van der Waals surface area contributed by atoms with E-state index in [1.807, 2.05) is 5.38 Å². The minimum absolute atomic E-state index is 0.0699. The van der Waals surface area contributed by atoms with Crippen LogP contribution in [0.1, 0.15) is 9.67 Å². The molecule has 4 rings (SSSR count). The van der Waals surface area contributed by atoms with Crippen LogP contribution in [0.2, 0.25) is 0 Å². The van der Waals surface area contributed by atoms with Gasteiger partial charge in [-0.15, -0.1) is 11.3 Å². The number of fused-ring (bicyclic) bond motifs is 1. The summed E-state index contributed by atoms with van der Waals surface area (Å²) in [6, 6.07) is 14.9. The summed E-state index contributed by atoms with van der Waals surface area (Å²) >= 11 is 1.35. The van der Waals surface area contributed by atoms with Crippen molar-refractivity contribution in [1.82, 2.24) is 4.98 Å². The van der Waals surface area contributed by atoms with Gasteiger partial charge in [-0.25, -0.2) is 4.98 Å². The van der Waals surface area contributed by atoms with Crippen molar-refractivity contribution in [1.29, 1.82) is 0 Å². The number of aromatic nitrogens is 1. The lowest BCUT2D eigenvalue weighted by Gasteiger charge is -2.07. The lowest BCUT2D eigenvalue weighted by Crippen LogP contribution is -2.10. The summed E-state index contributed by atoms with van der Waals surface area (Å²) in [5, 5.41) is 15.6. The van der Waals surface area contributed by atoms with E-state index in [4.69, 9.17) is 4.42 Å². The molecule has 0 bridgehead atoms. The van der Waals surface area contributed by atoms with Crippen molar-refractivity contribution in [3.63, 3.8) is 0 Å². The lowest BCUT2D eigenvalue weighted by molar-refractivity contribution is -0.384. The molecular weight excluding hydrogens is 354 g/mol. The van der Waals surface area contributed by atoms with Gasteiger partial charge < -0.3 is 9.73 Å².